The molecule has 8 nitrogen and oxygen atoms in total. The van der Waals surface area contributed by atoms with Gasteiger partial charge in [-0.25, -0.2) is 32.9 Å². The van der Waals surface area contributed by atoms with Crippen LogP contribution in [0, 0.1) is 5.82 Å². The molecule has 3 heterocycles. The fraction of sp³-hybridized carbons (Fsp3) is 0.250. The number of aromatic nitrogens is 5. The zero-order valence-corrected chi connectivity index (χ0v) is 16.6. The summed E-state index contributed by atoms with van der Waals surface area (Å²) in [6, 6.07) is 2.49. The van der Waals surface area contributed by atoms with Crippen molar-refractivity contribution in [1.29, 1.82) is 0 Å². The lowest BCUT2D eigenvalue weighted by molar-refractivity contribution is 0.550. The average Bonchev–Trinajstić information content (AvgIpc) is 2.87. The van der Waals surface area contributed by atoms with E-state index in [-0.39, 0.29) is 29.2 Å². The van der Waals surface area contributed by atoms with Gasteiger partial charge in [-0.1, -0.05) is 17.8 Å². The van der Waals surface area contributed by atoms with Gasteiger partial charge in [0, 0.05) is 28.4 Å². The van der Waals surface area contributed by atoms with Gasteiger partial charge in [0.2, 0.25) is 0 Å². The van der Waals surface area contributed by atoms with E-state index in [1.807, 2.05) is 0 Å². The molecule has 11 heteroatoms. The Labute approximate surface area is 159 Å². The largest absolute Gasteiger partial charge is 0.278 e. The van der Waals surface area contributed by atoms with E-state index in [0.29, 0.717) is 5.16 Å². The van der Waals surface area contributed by atoms with Crippen molar-refractivity contribution in [2.75, 3.05) is 18.8 Å². The molecule has 0 aromatic carbocycles. The first-order chi connectivity index (χ1) is 12.7. The fourth-order valence-corrected chi connectivity index (χ4v) is 3.35. The van der Waals surface area contributed by atoms with Crippen molar-refractivity contribution in [3.63, 3.8) is 0 Å². The molecule has 0 aliphatic rings. The van der Waals surface area contributed by atoms with Crippen molar-refractivity contribution in [3.05, 3.63) is 47.2 Å². The highest BCUT2D eigenvalue weighted by molar-refractivity contribution is 7.98. The van der Waals surface area contributed by atoms with Crippen LogP contribution in [0.4, 0.5) is 10.2 Å². The summed E-state index contributed by atoms with van der Waals surface area (Å²) in [6.07, 6.45) is 7.62. The molecule has 0 fully saturated rings. The van der Waals surface area contributed by atoms with Gasteiger partial charge in [-0.05, 0) is 18.4 Å². The van der Waals surface area contributed by atoms with Gasteiger partial charge < -0.3 is 0 Å². The standard InChI is InChI=1S/C16H17FN6O2S2/c1-5-8-22-15(24)10-9-18-16(26-2)20-13(10)23(22)14-11(17)6-7-12(19-14)21-27(3,4)25/h5-7,9H,1,8H2,2-4H3. The first kappa shape index (κ1) is 19.2. The van der Waals surface area contributed by atoms with Gasteiger partial charge in [0.25, 0.3) is 5.56 Å². The maximum atomic E-state index is 14.6. The molecular formula is C16H17FN6O2S2. The van der Waals surface area contributed by atoms with Gasteiger partial charge in [-0.3, -0.25) is 4.79 Å². The van der Waals surface area contributed by atoms with E-state index in [1.54, 1.807) is 6.26 Å². The van der Waals surface area contributed by atoms with Crippen LogP contribution < -0.4 is 5.56 Å². The monoisotopic (exact) mass is 408 g/mol. The summed E-state index contributed by atoms with van der Waals surface area (Å²) >= 11 is 1.29. The zero-order valence-electron chi connectivity index (χ0n) is 14.9. The number of rotatable bonds is 5. The van der Waals surface area contributed by atoms with Crippen LogP contribution in [0.15, 0.2) is 45.3 Å². The highest BCUT2D eigenvalue weighted by Gasteiger charge is 2.20. The van der Waals surface area contributed by atoms with Crippen LogP contribution >= 0.6 is 11.8 Å². The number of fused-ring (bicyclic) bond motifs is 1. The third-order valence-corrected chi connectivity index (χ3v) is 4.65. The van der Waals surface area contributed by atoms with Crippen molar-refractivity contribution in [3.8, 4) is 5.82 Å². The van der Waals surface area contributed by atoms with E-state index in [9.17, 15) is 13.4 Å². The van der Waals surface area contributed by atoms with E-state index in [1.165, 1.54) is 52.0 Å². The minimum atomic E-state index is -2.49. The van der Waals surface area contributed by atoms with E-state index in [4.69, 9.17) is 0 Å². The van der Waals surface area contributed by atoms with Crippen molar-refractivity contribution in [1.82, 2.24) is 24.3 Å². The first-order valence-electron chi connectivity index (χ1n) is 7.72. The van der Waals surface area contributed by atoms with Crippen molar-refractivity contribution < 1.29 is 8.60 Å². The third kappa shape index (κ3) is 3.78. The third-order valence-electron chi connectivity index (χ3n) is 3.46. The van der Waals surface area contributed by atoms with Gasteiger partial charge in [0.05, 0.1) is 6.54 Å². The summed E-state index contributed by atoms with van der Waals surface area (Å²) in [6.45, 7) is 3.76. The van der Waals surface area contributed by atoms with Gasteiger partial charge in [-0.2, -0.15) is 4.36 Å². The van der Waals surface area contributed by atoms with E-state index in [2.05, 4.69) is 25.9 Å². The van der Waals surface area contributed by atoms with Crippen molar-refractivity contribution in [2.45, 2.75) is 11.7 Å². The Morgan fingerprint density at radius 2 is 2.11 bits per heavy atom. The summed E-state index contributed by atoms with van der Waals surface area (Å²) < 4.78 is 33.2. The Morgan fingerprint density at radius 3 is 2.74 bits per heavy atom. The van der Waals surface area contributed by atoms with Gasteiger partial charge in [-0.15, -0.1) is 6.58 Å². The first-order valence-corrected chi connectivity index (χ1v) is 11.3. The Balaban J connectivity index is 2.41. The minimum absolute atomic E-state index is 0.0972. The Morgan fingerprint density at radius 1 is 1.37 bits per heavy atom. The lowest BCUT2D eigenvalue weighted by Crippen LogP contribution is -2.22. The highest BCUT2D eigenvalue weighted by Crippen LogP contribution is 2.22. The van der Waals surface area contributed by atoms with Gasteiger partial charge >= 0.3 is 0 Å². The maximum absolute atomic E-state index is 14.6. The molecule has 0 aliphatic heterocycles. The maximum Gasteiger partial charge on any atom is 0.278 e. The van der Waals surface area contributed by atoms with Crippen LogP contribution in [-0.4, -0.2) is 47.3 Å². The molecule has 0 saturated heterocycles. The fourth-order valence-electron chi connectivity index (χ4n) is 2.46. The predicted molar refractivity (Wildman–Crippen MR) is 105 cm³/mol. The summed E-state index contributed by atoms with van der Waals surface area (Å²) in [5, 5.41) is 0.659. The zero-order chi connectivity index (χ0) is 19.8. The van der Waals surface area contributed by atoms with Crippen LogP contribution in [0.3, 0.4) is 0 Å². The molecule has 0 aliphatic carbocycles. The number of pyridine rings is 1. The SMILES string of the molecule is C=CCn1c(=O)c2cnc(SC)nc2n1-c1nc(N=S(C)(C)=O)ccc1F. The summed E-state index contributed by atoms with van der Waals surface area (Å²) in [5.74, 6) is -0.744. The number of halogens is 1. The van der Waals surface area contributed by atoms with Crippen LogP contribution in [0.2, 0.25) is 0 Å². The number of nitrogens with zero attached hydrogens (tertiary/aromatic N) is 6. The van der Waals surface area contributed by atoms with E-state index < -0.39 is 21.1 Å². The molecule has 142 valence electrons. The molecular weight excluding hydrogens is 391 g/mol. The second kappa shape index (κ2) is 7.24. The Hall–Kier alpha value is -2.53. The number of allylic oxidation sites excluding steroid dienone is 1. The molecule has 0 saturated carbocycles. The summed E-state index contributed by atoms with van der Waals surface area (Å²) in [5.41, 5.74) is -0.172. The van der Waals surface area contributed by atoms with Crippen molar-refractivity contribution in [2.24, 2.45) is 4.36 Å². The topological polar surface area (TPSA) is 95.0 Å². The van der Waals surface area contributed by atoms with Crippen LogP contribution in [0.1, 0.15) is 0 Å². The van der Waals surface area contributed by atoms with Gasteiger partial charge in [0.1, 0.15) is 5.39 Å². The Kier molecular flexibility index (Phi) is 5.16. The van der Waals surface area contributed by atoms with E-state index >= 15 is 0 Å². The second-order valence-corrected chi connectivity index (χ2v) is 9.15. The number of thioether (sulfide) groups is 1. The predicted octanol–water partition coefficient (Wildman–Crippen LogP) is 2.38. The normalized spacial score (nSPS) is 11.7. The van der Waals surface area contributed by atoms with Gasteiger partial charge in [0.15, 0.2) is 28.3 Å². The molecule has 0 unspecified atom stereocenters. The summed E-state index contributed by atoms with van der Waals surface area (Å²) in [4.78, 5) is 25.4. The Bertz CT molecular complexity index is 1220. The van der Waals surface area contributed by atoms with Crippen LogP contribution in [-0.2, 0) is 16.3 Å². The van der Waals surface area contributed by atoms with E-state index in [0.717, 1.165) is 6.07 Å². The van der Waals surface area contributed by atoms with Crippen molar-refractivity contribution >= 4 is 38.3 Å². The van der Waals surface area contributed by atoms with Crippen LogP contribution in [0.25, 0.3) is 16.9 Å². The molecule has 3 rings (SSSR count). The number of hydrogen-bond acceptors (Lipinski definition) is 7. The second-order valence-electron chi connectivity index (χ2n) is 5.83. The molecule has 0 amide bonds. The van der Waals surface area contributed by atoms with Crippen LogP contribution in [0.5, 0.6) is 0 Å². The lowest BCUT2D eigenvalue weighted by Gasteiger charge is -2.11. The molecule has 27 heavy (non-hydrogen) atoms. The lowest BCUT2D eigenvalue weighted by atomic mass is 10.4. The molecule has 0 atom stereocenters. The average molecular weight is 408 g/mol. The summed E-state index contributed by atoms with van der Waals surface area (Å²) in [7, 11) is -2.49. The molecule has 3 aromatic rings. The molecule has 0 N–H and O–H groups in total. The highest BCUT2D eigenvalue weighted by atomic mass is 32.2. The minimum Gasteiger partial charge on any atom is -0.267 e. The molecule has 0 bridgehead atoms. The number of hydrogen-bond donors (Lipinski definition) is 0. The molecule has 0 spiro atoms. The molecule has 3 aromatic heterocycles. The molecule has 0 radical (unpaired) electrons. The smallest absolute Gasteiger partial charge is 0.267 e. The quantitative estimate of drug-likeness (QED) is 0.365.